The number of nitrogens with one attached hydrogen (secondary N) is 1. The molecule has 1 aliphatic heterocycles. The molecule has 0 bridgehead atoms. The molecule has 2 aromatic rings. The molecule has 2 heterocycles. The minimum Gasteiger partial charge on any atom is -0.395 e. The number of aryl methyl sites for hydroxylation is 1. The van der Waals surface area contributed by atoms with Crippen LogP contribution in [0.25, 0.3) is 6.08 Å². The fraction of sp³-hybridized carbons (Fsp3) is 0.421. The summed E-state index contributed by atoms with van der Waals surface area (Å²) in [5, 5.41) is 26.4. The summed E-state index contributed by atoms with van der Waals surface area (Å²) in [6, 6.07) is 10.7. The third-order valence-electron chi connectivity index (χ3n) is 4.89. The highest BCUT2D eigenvalue weighted by molar-refractivity contribution is 5.90. The van der Waals surface area contributed by atoms with Crippen LogP contribution in [0, 0.1) is 0 Å². The third-order valence-corrected chi connectivity index (χ3v) is 4.89. The number of likely N-dealkylation sites (tertiary alicyclic amines) is 1. The average molecular weight is 371 g/mol. The fourth-order valence-corrected chi connectivity index (χ4v) is 3.49. The molecular weight excluding hydrogens is 346 g/mol. The summed E-state index contributed by atoms with van der Waals surface area (Å²) in [6.45, 7) is 1.86. The number of benzene rings is 1. The van der Waals surface area contributed by atoms with Crippen molar-refractivity contribution >= 4 is 12.0 Å². The fourth-order valence-electron chi connectivity index (χ4n) is 3.49. The maximum Gasteiger partial charge on any atom is 0.267 e. The van der Waals surface area contributed by atoms with Crippen LogP contribution in [0.15, 0.2) is 42.6 Å². The quantitative estimate of drug-likeness (QED) is 0.364. The molecule has 144 valence electrons. The highest BCUT2D eigenvalue weighted by atomic mass is 16.5. The minimum atomic E-state index is -0.615. The molecule has 8 nitrogen and oxygen atoms in total. The molecule has 1 aromatic heterocycles. The van der Waals surface area contributed by atoms with Crippen molar-refractivity contribution < 1.29 is 15.1 Å². The first kappa shape index (κ1) is 19.2. The Balaban J connectivity index is 1.55. The molecular formula is C19H25N5O3. The van der Waals surface area contributed by atoms with Crippen LogP contribution in [0.4, 0.5) is 0 Å². The molecule has 0 spiro atoms. The lowest BCUT2D eigenvalue weighted by molar-refractivity contribution is -0.124. The number of aliphatic hydroxyl groups excluding tert-OH is 1. The number of carbonyl (C=O) groups is 1. The van der Waals surface area contributed by atoms with Gasteiger partial charge in [0.2, 0.25) is 0 Å². The van der Waals surface area contributed by atoms with Gasteiger partial charge in [0.1, 0.15) is 5.69 Å². The Bertz CT molecular complexity index is 762. The maximum atomic E-state index is 11.0. The number of aliphatic hydroxyl groups is 1. The summed E-state index contributed by atoms with van der Waals surface area (Å²) in [5.74, 6) is -0.615. The van der Waals surface area contributed by atoms with E-state index in [4.69, 9.17) is 5.21 Å². The van der Waals surface area contributed by atoms with Crippen LogP contribution in [-0.2, 0) is 11.2 Å². The highest BCUT2D eigenvalue weighted by Gasteiger charge is 2.32. The minimum absolute atomic E-state index is 0.120. The lowest BCUT2D eigenvalue weighted by Gasteiger charge is -2.22. The highest BCUT2D eigenvalue weighted by Crippen LogP contribution is 2.27. The number of hydroxylamine groups is 1. The second-order valence-electron chi connectivity index (χ2n) is 6.74. The van der Waals surface area contributed by atoms with E-state index >= 15 is 0 Å². The largest absolute Gasteiger partial charge is 0.395 e. The van der Waals surface area contributed by atoms with Gasteiger partial charge >= 0.3 is 0 Å². The summed E-state index contributed by atoms with van der Waals surface area (Å²) in [4.78, 5) is 13.3. The van der Waals surface area contributed by atoms with Gasteiger partial charge in [-0.1, -0.05) is 35.5 Å². The zero-order valence-electron chi connectivity index (χ0n) is 15.1. The predicted molar refractivity (Wildman–Crippen MR) is 99.8 cm³/mol. The Morgan fingerprint density at radius 2 is 2.15 bits per heavy atom. The van der Waals surface area contributed by atoms with E-state index in [9.17, 15) is 9.90 Å². The molecule has 1 aliphatic rings. The molecule has 1 aromatic carbocycles. The summed E-state index contributed by atoms with van der Waals surface area (Å²) in [6.07, 6.45) is 7.32. The van der Waals surface area contributed by atoms with Gasteiger partial charge in [-0.15, -0.1) is 5.10 Å². The van der Waals surface area contributed by atoms with Gasteiger partial charge in [-0.05, 0) is 37.4 Å². The summed E-state index contributed by atoms with van der Waals surface area (Å²) in [7, 11) is 0. The van der Waals surface area contributed by atoms with Crippen LogP contribution in [-0.4, -0.2) is 61.9 Å². The molecule has 0 radical (unpaired) electrons. The van der Waals surface area contributed by atoms with E-state index in [1.165, 1.54) is 23.2 Å². The van der Waals surface area contributed by atoms with Gasteiger partial charge in [-0.2, -0.15) is 0 Å². The third kappa shape index (κ3) is 5.22. The van der Waals surface area contributed by atoms with E-state index in [0.717, 1.165) is 32.4 Å². The van der Waals surface area contributed by atoms with Gasteiger partial charge in [-0.3, -0.25) is 14.9 Å². The smallest absolute Gasteiger partial charge is 0.267 e. The maximum absolute atomic E-state index is 11.0. The number of hydrogen-bond donors (Lipinski definition) is 3. The number of aromatic nitrogens is 3. The van der Waals surface area contributed by atoms with Crippen molar-refractivity contribution in [3.8, 4) is 0 Å². The lowest BCUT2D eigenvalue weighted by atomic mass is 10.1. The van der Waals surface area contributed by atoms with Gasteiger partial charge in [-0.25, -0.2) is 10.2 Å². The second-order valence-corrected chi connectivity index (χ2v) is 6.74. The van der Waals surface area contributed by atoms with E-state index < -0.39 is 5.91 Å². The van der Waals surface area contributed by atoms with Crippen LogP contribution < -0.4 is 5.48 Å². The molecule has 0 aliphatic carbocycles. The first-order valence-corrected chi connectivity index (χ1v) is 9.12. The van der Waals surface area contributed by atoms with Gasteiger partial charge in [0.15, 0.2) is 0 Å². The molecule has 1 saturated heterocycles. The van der Waals surface area contributed by atoms with E-state index in [2.05, 4.69) is 39.5 Å². The Morgan fingerprint density at radius 1 is 1.33 bits per heavy atom. The summed E-state index contributed by atoms with van der Waals surface area (Å²) in [5.41, 5.74) is 3.40. The average Bonchev–Trinajstić information content (AvgIpc) is 3.33. The second kappa shape index (κ2) is 9.40. The number of hydrogen-bond acceptors (Lipinski definition) is 6. The monoisotopic (exact) mass is 371 g/mol. The Kier molecular flexibility index (Phi) is 6.69. The van der Waals surface area contributed by atoms with Crippen molar-refractivity contribution in [2.45, 2.75) is 31.3 Å². The number of rotatable bonds is 8. The van der Waals surface area contributed by atoms with Crippen LogP contribution >= 0.6 is 0 Å². The molecule has 2 atom stereocenters. The zero-order chi connectivity index (χ0) is 19.1. The topological polar surface area (TPSA) is 104 Å². The van der Waals surface area contributed by atoms with Gasteiger partial charge in [0.05, 0.1) is 18.8 Å². The molecule has 8 heteroatoms. The normalized spacial score (nSPS) is 20.4. The lowest BCUT2D eigenvalue weighted by Crippen LogP contribution is -2.33. The molecule has 1 fully saturated rings. The molecule has 3 N–H and O–H groups in total. The van der Waals surface area contributed by atoms with Gasteiger partial charge < -0.3 is 5.11 Å². The van der Waals surface area contributed by atoms with Crippen molar-refractivity contribution in [3.05, 3.63) is 53.9 Å². The Morgan fingerprint density at radius 3 is 2.89 bits per heavy atom. The van der Waals surface area contributed by atoms with E-state index in [1.807, 2.05) is 6.07 Å². The van der Waals surface area contributed by atoms with E-state index in [0.29, 0.717) is 5.69 Å². The van der Waals surface area contributed by atoms with Crippen LogP contribution in [0.3, 0.4) is 0 Å². The SMILES string of the molecule is O=C(/C=C/c1cn([C@H]2C[C@H](CO)N(CCCc3ccccc3)C2)nn1)NO. The Hall–Kier alpha value is -2.55. The molecule has 0 saturated carbocycles. The van der Waals surface area contributed by atoms with Crippen molar-refractivity contribution in [1.29, 1.82) is 0 Å². The predicted octanol–water partition coefficient (Wildman–Crippen LogP) is 1.04. The standard InChI is InChI=1S/C19H25N5O3/c25-14-18-11-17(24-12-16(20-22-24)8-9-19(26)21-27)13-23(18)10-4-7-15-5-2-1-3-6-15/h1-3,5-6,8-9,12,17-18,25,27H,4,7,10-11,13-14H2,(H,21,26)/b9-8+/t17-,18+/m0/s1. The first-order chi connectivity index (χ1) is 13.2. The molecule has 3 rings (SSSR count). The zero-order valence-corrected chi connectivity index (χ0v) is 15.1. The number of nitrogens with zero attached hydrogens (tertiary/aromatic N) is 4. The van der Waals surface area contributed by atoms with Crippen molar-refractivity contribution in [3.63, 3.8) is 0 Å². The summed E-state index contributed by atoms with van der Waals surface area (Å²) < 4.78 is 1.79. The van der Waals surface area contributed by atoms with Gasteiger partial charge in [0.25, 0.3) is 5.91 Å². The van der Waals surface area contributed by atoms with Crippen molar-refractivity contribution in [1.82, 2.24) is 25.4 Å². The van der Waals surface area contributed by atoms with Crippen LogP contribution in [0.5, 0.6) is 0 Å². The summed E-state index contributed by atoms with van der Waals surface area (Å²) >= 11 is 0. The van der Waals surface area contributed by atoms with Crippen molar-refractivity contribution in [2.75, 3.05) is 19.7 Å². The van der Waals surface area contributed by atoms with Gasteiger partial charge in [0, 0.05) is 18.7 Å². The van der Waals surface area contributed by atoms with Crippen LogP contribution in [0.2, 0.25) is 0 Å². The molecule has 27 heavy (non-hydrogen) atoms. The van der Waals surface area contributed by atoms with Crippen LogP contribution in [0.1, 0.15) is 30.1 Å². The number of amides is 1. The van der Waals surface area contributed by atoms with E-state index in [-0.39, 0.29) is 18.7 Å². The molecule has 1 amide bonds. The Labute approximate surface area is 158 Å². The molecule has 0 unspecified atom stereocenters. The van der Waals surface area contributed by atoms with Crippen molar-refractivity contribution in [2.24, 2.45) is 0 Å². The van der Waals surface area contributed by atoms with E-state index in [1.54, 1.807) is 10.9 Å². The first-order valence-electron chi connectivity index (χ1n) is 9.12. The number of carbonyl (C=O) groups excluding carboxylic acids is 1.